The molecule has 0 radical (unpaired) electrons. The summed E-state index contributed by atoms with van der Waals surface area (Å²) >= 11 is 7.77. The number of rotatable bonds is 3. The highest BCUT2D eigenvalue weighted by atomic mass is 35.5. The van der Waals surface area contributed by atoms with Crippen molar-refractivity contribution in [1.29, 1.82) is 0 Å². The van der Waals surface area contributed by atoms with E-state index < -0.39 is 5.54 Å². The largest absolute Gasteiger partial charge is 0.382 e. The van der Waals surface area contributed by atoms with Gasteiger partial charge < -0.3 is 16.8 Å². The van der Waals surface area contributed by atoms with Crippen molar-refractivity contribution in [1.82, 2.24) is 20.3 Å². The molecular formula is C23H25ClN6S. The summed E-state index contributed by atoms with van der Waals surface area (Å²) in [7, 11) is 0. The Morgan fingerprint density at radius 1 is 1.13 bits per heavy atom. The van der Waals surface area contributed by atoms with Gasteiger partial charge in [0.15, 0.2) is 0 Å². The van der Waals surface area contributed by atoms with Gasteiger partial charge in [-0.15, -0.1) is 0 Å². The van der Waals surface area contributed by atoms with Crippen LogP contribution in [-0.4, -0.2) is 28.0 Å². The number of nitrogens with two attached hydrogens (primary N) is 2. The minimum atomic E-state index is -0.661. The number of nitrogen functional groups attached to an aromatic ring is 1. The second kappa shape index (κ2) is 7.74. The van der Waals surface area contributed by atoms with Crippen LogP contribution in [0.3, 0.4) is 0 Å². The summed E-state index contributed by atoms with van der Waals surface area (Å²) in [4.78, 5) is 14.6. The second-order valence-electron chi connectivity index (χ2n) is 8.43. The van der Waals surface area contributed by atoms with Crippen LogP contribution >= 0.6 is 23.4 Å². The summed E-state index contributed by atoms with van der Waals surface area (Å²) in [5.41, 5.74) is 16.6. The third-order valence-corrected chi connectivity index (χ3v) is 8.42. The monoisotopic (exact) mass is 452 g/mol. The molecule has 0 amide bonds. The molecule has 1 fully saturated rings. The first kappa shape index (κ1) is 20.7. The van der Waals surface area contributed by atoms with E-state index in [1.807, 2.05) is 19.2 Å². The number of aromatic nitrogens is 3. The second-order valence-corrected chi connectivity index (χ2v) is 9.84. The molecule has 31 heavy (non-hydrogen) atoms. The molecule has 1 aromatic carbocycles. The quantitative estimate of drug-likeness (QED) is 0.556. The van der Waals surface area contributed by atoms with Gasteiger partial charge >= 0.3 is 0 Å². The van der Waals surface area contributed by atoms with E-state index in [-0.39, 0.29) is 5.41 Å². The zero-order chi connectivity index (χ0) is 21.6. The number of pyridine rings is 1. The Balaban J connectivity index is 1.57. The van der Waals surface area contributed by atoms with Gasteiger partial charge in [-0.1, -0.05) is 47.6 Å². The molecule has 2 aromatic heterocycles. The Labute approximate surface area is 191 Å². The average Bonchev–Trinajstić information content (AvgIpc) is 3.02. The van der Waals surface area contributed by atoms with Crippen LogP contribution in [0, 0.1) is 12.3 Å². The molecule has 0 saturated carbocycles. The van der Waals surface area contributed by atoms with E-state index in [0.717, 1.165) is 53.7 Å². The number of aryl methyl sites for hydroxylation is 1. The van der Waals surface area contributed by atoms with E-state index in [9.17, 15) is 0 Å². The predicted molar refractivity (Wildman–Crippen MR) is 124 cm³/mol. The van der Waals surface area contributed by atoms with Gasteiger partial charge in [0.05, 0.1) is 28.1 Å². The number of halogens is 1. The standard InChI is InChI=1S/C23H25ClN6S/c1-14-21(31-17-6-9-28-20(25)19(17)24)29-13-18(30-14)23(26)16-5-3-2-4-15(16)12-22(23)7-10-27-11-8-22/h2-6,9,13,27H,7-8,10-12,26H2,1H3,(H2,25,28)/t23-/m1/s1. The van der Waals surface area contributed by atoms with Gasteiger partial charge in [0.25, 0.3) is 0 Å². The van der Waals surface area contributed by atoms with Crippen LogP contribution in [0.5, 0.6) is 0 Å². The van der Waals surface area contributed by atoms with Gasteiger partial charge in [-0.2, -0.15) is 0 Å². The maximum atomic E-state index is 7.33. The molecule has 6 nitrogen and oxygen atoms in total. The molecular weight excluding hydrogens is 428 g/mol. The molecule has 5 rings (SSSR count). The van der Waals surface area contributed by atoms with Crippen molar-refractivity contribution in [2.75, 3.05) is 18.8 Å². The molecule has 3 aromatic rings. The zero-order valence-electron chi connectivity index (χ0n) is 17.4. The van der Waals surface area contributed by atoms with E-state index in [0.29, 0.717) is 10.8 Å². The van der Waals surface area contributed by atoms with Crippen LogP contribution in [0.25, 0.3) is 0 Å². The molecule has 1 aliphatic carbocycles. The van der Waals surface area contributed by atoms with Gasteiger partial charge in [0, 0.05) is 16.5 Å². The van der Waals surface area contributed by atoms with Crippen LogP contribution in [0.15, 0.2) is 52.6 Å². The van der Waals surface area contributed by atoms with Crippen LogP contribution < -0.4 is 16.8 Å². The van der Waals surface area contributed by atoms with Crippen molar-refractivity contribution < 1.29 is 0 Å². The van der Waals surface area contributed by atoms with Crippen LogP contribution in [-0.2, 0) is 12.0 Å². The Morgan fingerprint density at radius 2 is 1.90 bits per heavy atom. The molecule has 0 bridgehead atoms. The van der Waals surface area contributed by atoms with E-state index in [2.05, 4.69) is 34.6 Å². The lowest BCUT2D eigenvalue weighted by atomic mass is 9.63. The summed E-state index contributed by atoms with van der Waals surface area (Å²) in [5, 5.41) is 4.71. The molecule has 160 valence electrons. The highest BCUT2D eigenvalue weighted by Gasteiger charge is 2.57. The predicted octanol–water partition coefficient (Wildman–Crippen LogP) is 3.70. The summed E-state index contributed by atoms with van der Waals surface area (Å²) in [6.45, 7) is 3.90. The van der Waals surface area contributed by atoms with Crippen LogP contribution in [0.4, 0.5) is 5.82 Å². The minimum absolute atomic E-state index is 0.0550. The fraction of sp³-hybridized carbons (Fsp3) is 0.348. The number of piperidine rings is 1. The van der Waals surface area contributed by atoms with Crippen molar-refractivity contribution >= 4 is 29.2 Å². The Bertz CT molecular complexity index is 1150. The van der Waals surface area contributed by atoms with Gasteiger partial charge in [0.1, 0.15) is 10.8 Å². The number of nitrogens with zero attached hydrogens (tertiary/aromatic N) is 3. The van der Waals surface area contributed by atoms with Crippen LogP contribution in [0.2, 0.25) is 5.02 Å². The minimum Gasteiger partial charge on any atom is -0.382 e. The molecule has 1 atom stereocenters. The summed E-state index contributed by atoms with van der Waals surface area (Å²) in [6, 6.07) is 10.4. The topological polar surface area (TPSA) is 103 Å². The number of anilines is 1. The first-order chi connectivity index (χ1) is 14.9. The Kier molecular flexibility index (Phi) is 5.17. The molecule has 5 N–H and O–H groups in total. The lowest BCUT2D eigenvalue weighted by molar-refractivity contribution is 0.117. The molecule has 1 spiro atoms. The van der Waals surface area contributed by atoms with Gasteiger partial charge in [0.2, 0.25) is 0 Å². The fourth-order valence-corrected chi connectivity index (χ4v) is 6.18. The van der Waals surface area contributed by atoms with E-state index >= 15 is 0 Å². The van der Waals surface area contributed by atoms with Crippen LogP contribution in [0.1, 0.15) is 35.4 Å². The molecule has 1 aliphatic heterocycles. The lowest BCUT2D eigenvalue weighted by Gasteiger charge is -2.46. The van der Waals surface area contributed by atoms with Crippen molar-refractivity contribution in [2.45, 2.75) is 41.6 Å². The first-order valence-electron chi connectivity index (χ1n) is 10.4. The van der Waals surface area contributed by atoms with Crippen molar-refractivity contribution in [3.05, 3.63) is 70.3 Å². The molecule has 0 unspecified atom stereocenters. The highest BCUT2D eigenvalue weighted by molar-refractivity contribution is 7.99. The normalized spacial score (nSPS) is 21.9. The third-order valence-electron chi connectivity index (χ3n) is 6.76. The smallest absolute Gasteiger partial charge is 0.143 e. The van der Waals surface area contributed by atoms with E-state index in [1.54, 1.807) is 6.20 Å². The van der Waals surface area contributed by atoms with E-state index in [4.69, 9.17) is 33.0 Å². The molecule has 8 heteroatoms. The maximum absolute atomic E-state index is 7.33. The number of nitrogens with one attached hydrogen (secondary N) is 1. The van der Waals surface area contributed by atoms with Crippen molar-refractivity contribution in [2.24, 2.45) is 11.1 Å². The highest BCUT2D eigenvalue weighted by Crippen LogP contribution is 2.56. The molecule has 2 aliphatic rings. The number of benzene rings is 1. The molecule has 1 saturated heterocycles. The zero-order valence-corrected chi connectivity index (χ0v) is 18.9. The maximum Gasteiger partial charge on any atom is 0.143 e. The van der Waals surface area contributed by atoms with E-state index in [1.165, 1.54) is 22.9 Å². The SMILES string of the molecule is Cc1nc([C@]2(N)c3ccccc3CC23CCNCC3)cnc1Sc1ccnc(N)c1Cl. The Morgan fingerprint density at radius 3 is 2.68 bits per heavy atom. The third kappa shape index (κ3) is 3.22. The van der Waals surface area contributed by atoms with Crippen molar-refractivity contribution in [3.63, 3.8) is 0 Å². The summed E-state index contributed by atoms with van der Waals surface area (Å²) in [5.74, 6) is 0.310. The number of fused-ring (bicyclic) bond motifs is 1. The summed E-state index contributed by atoms with van der Waals surface area (Å²) in [6.07, 6.45) is 6.50. The van der Waals surface area contributed by atoms with Gasteiger partial charge in [-0.3, -0.25) is 4.98 Å². The lowest BCUT2D eigenvalue weighted by Crippen LogP contribution is -2.55. The summed E-state index contributed by atoms with van der Waals surface area (Å²) < 4.78 is 0. The van der Waals surface area contributed by atoms with Gasteiger partial charge in [-0.05, 0) is 56.5 Å². The molecule has 3 heterocycles. The van der Waals surface area contributed by atoms with Gasteiger partial charge in [-0.25, -0.2) is 9.97 Å². The average molecular weight is 453 g/mol. The Hall–Kier alpha value is -2.19. The number of hydrogen-bond acceptors (Lipinski definition) is 7. The first-order valence-corrected chi connectivity index (χ1v) is 11.6. The van der Waals surface area contributed by atoms with Crippen molar-refractivity contribution in [3.8, 4) is 0 Å². The number of hydrogen-bond donors (Lipinski definition) is 3. The fourth-order valence-electron chi connectivity index (χ4n) is 5.12.